The zero-order valence-corrected chi connectivity index (χ0v) is 7.28. The number of halogens is 1. The number of hydrogen-bond acceptors (Lipinski definition) is 3. The normalized spacial score (nSPS) is 8.69. The lowest BCUT2D eigenvalue weighted by Gasteiger charge is -1.90. The van der Waals surface area contributed by atoms with E-state index in [0.717, 1.165) is 0 Å². The molecule has 0 radical (unpaired) electrons. The molecule has 0 unspecified atom stereocenters. The summed E-state index contributed by atoms with van der Waals surface area (Å²) in [6.07, 6.45) is 1.34. The van der Waals surface area contributed by atoms with Crippen molar-refractivity contribution in [3.63, 3.8) is 0 Å². The highest BCUT2D eigenvalue weighted by molar-refractivity contribution is 6.19. The summed E-state index contributed by atoms with van der Waals surface area (Å²) in [5.41, 5.74) is 0.337. The Morgan fingerprint density at radius 1 is 1.69 bits per heavy atom. The summed E-state index contributed by atoms with van der Waals surface area (Å²) < 4.78 is 0. The third-order valence-electron chi connectivity index (χ3n) is 1.24. The van der Waals surface area contributed by atoms with Crippen LogP contribution in [0.2, 0.25) is 0 Å². The summed E-state index contributed by atoms with van der Waals surface area (Å²) in [6, 6.07) is 2.62. The van der Waals surface area contributed by atoms with E-state index in [1.165, 1.54) is 18.3 Å². The van der Waals surface area contributed by atoms with Crippen LogP contribution in [0.3, 0.4) is 0 Å². The van der Waals surface area contributed by atoms with Crippen molar-refractivity contribution in [1.82, 2.24) is 4.98 Å². The minimum Gasteiger partial charge on any atom is -0.258 e. The summed E-state index contributed by atoms with van der Waals surface area (Å²) in [4.78, 5) is 13.7. The maximum atomic E-state index is 10.3. The van der Waals surface area contributed by atoms with Crippen molar-refractivity contribution in [2.75, 3.05) is 5.88 Å². The molecule has 0 aliphatic heterocycles. The van der Waals surface area contributed by atoms with Gasteiger partial charge in [-0.25, -0.2) is 4.98 Å². The molecule has 1 heterocycles. The van der Waals surface area contributed by atoms with E-state index in [1.54, 1.807) is 0 Å². The number of rotatable bonds is 1. The second-order valence-electron chi connectivity index (χ2n) is 2.09. The fourth-order valence-electron chi connectivity index (χ4n) is 0.725. The second kappa shape index (κ2) is 4.43. The molecule has 0 saturated carbocycles. The molecule has 0 aromatic carbocycles. The van der Waals surface area contributed by atoms with Gasteiger partial charge in [-0.3, -0.25) is 10.1 Å². The van der Waals surface area contributed by atoms with E-state index < -0.39 is 4.92 Å². The van der Waals surface area contributed by atoms with Gasteiger partial charge in [-0.1, -0.05) is 5.92 Å². The molecule has 0 aliphatic carbocycles. The van der Waals surface area contributed by atoms with Crippen molar-refractivity contribution in [2.45, 2.75) is 0 Å². The average molecular weight is 197 g/mol. The number of alkyl halides is 1. The molecular formula is C8H5ClN2O2. The fourth-order valence-corrected chi connectivity index (χ4v) is 0.792. The lowest BCUT2D eigenvalue weighted by molar-refractivity contribution is -0.385. The van der Waals surface area contributed by atoms with Crippen molar-refractivity contribution in [2.24, 2.45) is 0 Å². The van der Waals surface area contributed by atoms with Crippen molar-refractivity contribution < 1.29 is 4.92 Å². The van der Waals surface area contributed by atoms with Gasteiger partial charge in [0.05, 0.1) is 16.9 Å². The molecule has 0 bridgehead atoms. The Bertz CT molecular complexity index is 381. The molecule has 4 nitrogen and oxygen atoms in total. The van der Waals surface area contributed by atoms with Crippen LogP contribution in [0.4, 0.5) is 5.69 Å². The molecule has 0 spiro atoms. The summed E-state index contributed by atoms with van der Waals surface area (Å²) in [5.74, 6) is 5.34. The Kier molecular flexibility index (Phi) is 3.23. The van der Waals surface area contributed by atoms with Gasteiger partial charge < -0.3 is 0 Å². The number of nitrogens with zero attached hydrogens (tertiary/aromatic N) is 2. The summed E-state index contributed by atoms with van der Waals surface area (Å²) in [5, 5.41) is 10.3. The highest BCUT2D eigenvalue weighted by atomic mass is 35.5. The van der Waals surface area contributed by atoms with Crippen LogP contribution in [-0.2, 0) is 0 Å². The monoisotopic (exact) mass is 196 g/mol. The molecule has 0 atom stereocenters. The van der Waals surface area contributed by atoms with Crippen LogP contribution in [0.25, 0.3) is 0 Å². The maximum Gasteiger partial charge on any atom is 0.273 e. The quantitative estimate of drug-likeness (QED) is 0.297. The summed E-state index contributed by atoms with van der Waals surface area (Å²) >= 11 is 5.32. The molecule has 0 N–H and O–H groups in total. The van der Waals surface area contributed by atoms with Crippen LogP contribution in [0, 0.1) is 22.0 Å². The third kappa shape index (κ3) is 2.73. The first-order valence-electron chi connectivity index (χ1n) is 3.39. The predicted molar refractivity (Wildman–Crippen MR) is 48.5 cm³/mol. The Labute approximate surface area is 79.7 Å². The first-order valence-corrected chi connectivity index (χ1v) is 3.93. The molecule has 13 heavy (non-hydrogen) atoms. The van der Waals surface area contributed by atoms with Crippen molar-refractivity contribution >= 4 is 17.3 Å². The first kappa shape index (κ1) is 9.49. The van der Waals surface area contributed by atoms with Gasteiger partial charge >= 0.3 is 0 Å². The van der Waals surface area contributed by atoms with Gasteiger partial charge in [0, 0.05) is 12.3 Å². The van der Waals surface area contributed by atoms with Crippen molar-refractivity contribution in [3.8, 4) is 11.8 Å². The van der Waals surface area contributed by atoms with Crippen LogP contribution in [0.5, 0.6) is 0 Å². The van der Waals surface area contributed by atoms with Crippen LogP contribution in [0.1, 0.15) is 5.69 Å². The predicted octanol–water partition coefficient (Wildman–Crippen LogP) is 1.58. The minimum absolute atomic E-state index is 0.0196. The second-order valence-corrected chi connectivity index (χ2v) is 2.36. The molecular weight excluding hydrogens is 192 g/mol. The van der Waals surface area contributed by atoms with Crippen molar-refractivity contribution in [1.29, 1.82) is 0 Å². The minimum atomic E-state index is -0.493. The van der Waals surface area contributed by atoms with Gasteiger partial charge in [-0.05, 0) is 5.92 Å². The fraction of sp³-hybridized carbons (Fsp3) is 0.125. The van der Waals surface area contributed by atoms with Crippen LogP contribution in [-0.4, -0.2) is 15.8 Å². The lowest BCUT2D eigenvalue weighted by Crippen LogP contribution is -1.90. The molecule has 0 saturated heterocycles. The summed E-state index contributed by atoms with van der Waals surface area (Å²) in [6.45, 7) is 0. The Balaban J connectivity index is 2.98. The smallest absolute Gasteiger partial charge is 0.258 e. The molecule has 0 fully saturated rings. The van der Waals surface area contributed by atoms with Crippen molar-refractivity contribution in [3.05, 3.63) is 34.1 Å². The zero-order valence-electron chi connectivity index (χ0n) is 6.53. The highest BCUT2D eigenvalue weighted by Gasteiger charge is 2.04. The Morgan fingerprint density at radius 3 is 3.08 bits per heavy atom. The van der Waals surface area contributed by atoms with E-state index >= 15 is 0 Å². The summed E-state index contributed by atoms with van der Waals surface area (Å²) in [7, 11) is 0. The van der Waals surface area contributed by atoms with E-state index in [-0.39, 0.29) is 11.6 Å². The SMILES string of the molecule is O=[N+]([O-])c1ccnc(C#CCCl)c1. The van der Waals surface area contributed by atoms with E-state index in [2.05, 4.69) is 16.8 Å². The zero-order chi connectivity index (χ0) is 9.68. The van der Waals surface area contributed by atoms with Gasteiger partial charge in [-0.2, -0.15) is 0 Å². The van der Waals surface area contributed by atoms with E-state index in [4.69, 9.17) is 11.6 Å². The molecule has 1 aromatic heterocycles. The van der Waals surface area contributed by atoms with Gasteiger partial charge in [0.15, 0.2) is 0 Å². The molecule has 1 aromatic rings. The standard InChI is InChI=1S/C8H5ClN2O2/c9-4-1-2-7-6-8(11(12)13)3-5-10-7/h3,5-6H,4H2. The Morgan fingerprint density at radius 2 is 2.46 bits per heavy atom. The largest absolute Gasteiger partial charge is 0.273 e. The van der Waals surface area contributed by atoms with E-state index in [0.29, 0.717) is 5.69 Å². The molecule has 1 rings (SSSR count). The van der Waals surface area contributed by atoms with E-state index in [1.807, 2.05) is 0 Å². The van der Waals surface area contributed by atoms with Gasteiger partial charge in [-0.15, -0.1) is 11.6 Å². The lowest BCUT2D eigenvalue weighted by atomic mass is 10.3. The molecule has 0 aliphatic rings. The van der Waals surface area contributed by atoms with Gasteiger partial charge in [0.25, 0.3) is 5.69 Å². The highest BCUT2D eigenvalue weighted by Crippen LogP contribution is 2.09. The van der Waals surface area contributed by atoms with Gasteiger partial charge in [0.2, 0.25) is 0 Å². The first-order chi connectivity index (χ1) is 6.24. The third-order valence-corrected chi connectivity index (χ3v) is 1.37. The number of aromatic nitrogens is 1. The van der Waals surface area contributed by atoms with Crippen LogP contribution < -0.4 is 0 Å². The molecule has 0 amide bonds. The van der Waals surface area contributed by atoms with E-state index in [9.17, 15) is 10.1 Å². The number of nitro groups is 1. The topological polar surface area (TPSA) is 56.0 Å². The average Bonchev–Trinajstić information content (AvgIpc) is 2.15. The van der Waals surface area contributed by atoms with Gasteiger partial charge in [0.1, 0.15) is 5.69 Å². The molecule has 66 valence electrons. The number of hydrogen-bond donors (Lipinski definition) is 0. The Hall–Kier alpha value is -1.60. The van der Waals surface area contributed by atoms with Crippen LogP contribution >= 0.6 is 11.6 Å². The molecule has 5 heteroatoms. The maximum absolute atomic E-state index is 10.3. The number of pyridine rings is 1. The van der Waals surface area contributed by atoms with Crippen LogP contribution in [0.15, 0.2) is 18.3 Å².